The summed E-state index contributed by atoms with van der Waals surface area (Å²) in [6, 6.07) is 6.21. The van der Waals surface area contributed by atoms with Crippen LogP contribution in [0.1, 0.15) is 12.5 Å². The summed E-state index contributed by atoms with van der Waals surface area (Å²) < 4.78 is 44.1. The molecule has 1 fully saturated rings. The molecule has 12 heteroatoms. The third-order valence-corrected chi connectivity index (χ3v) is 5.22. The maximum absolute atomic E-state index is 13.0. The molecule has 1 N–H and O–H groups in total. The molecular formula is C21H18ClF3N6O2. The number of alkyl carbamates (subject to hydrolysis) is 1. The zero-order valence-corrected chi connectivity index (χ0v) is 18.1. The number of benzene rings is 1. The zero-order valence-electron chi connectivity index (χ0n) is 17.3. The summed E-state index contributed by atoms with van der Waals surface area (Å²) in [4.78, 5) is 21.9. The van der Waals surface area contributed by atoms with Gasteiger partial charge in [0.2, 0.25) is 5.95 Å². The Morgan fingerprint density at radius 2 is 1.91 bits per heavy atom. The van der Waals surface area contributed by atoms with Crippen LogP contribution in [0.25, 0.3) is 22.5 Å². The van der Waals surface area contributed by atoms with Gasteiger partial charge in [-0.3, -0.25) is 4.98 Å². The van der Waals surface area contributed by atoms with Crippen molar-refractivity contribution in [2.75, 3.05) is 24.5 Å². The van der Waals surface area contributed by atoms with E-state index in [0.717, 1.165) is 12.1 Å². The number of carbonyl (C=O) groups is 1. The second-order valence-electron chi connectivity index (χ2n) is 7.20. The lowest BCUT2D eigenvalue weighted by Crippen LogP contribution is -2.54. The number of rotatable bonds is 5. The van der Waals surface area contributed by atoms with Crippen molar-refractivity contribution < 1.29 is 22.7 Å². The number of nitrogens with one attached hydrogen (secondary N) is 1. The molecule has 0 saturated carbocycles. The molecule has 0 radical (unpaired) electrons. The van der Waals surface area contributed by atoms with Crippen LogP contribution in [0.4, 0.5) is 23.9 Å². The molecule has 1 saturated heterocycles. The molecule has 1 amide bonds. The van der Waals surface area contributed by atoms with E-state index in [9.17, 15) is 18.0 Å². The molecule has 4 rings (SSSR count). The van der Waals surface area contributed by atoms with Gasteiger partial charge in [-0.1, -0.05) is 23.7 Å². The second kappa shape index (κ2) is 9.18. The van der Waals surface area contributed by atoms with E-state index in [2.05, 4.69) is 25.5 Å². The summed E-state index contributed by atoms with van der Waals surface area (Å²) in [6.45, 7) is 3.01. The number of ether oxygens (including phenoxy) is 1. The van der Waals surface area contributed by atoms with Gasteiger partial charge in [0.05, 0.1) is 23.7 Å². The molecule has 0 atom stereocenters. The lowest BCUT2D eigenvalue weighted by molar-refractivity contribution is -0.137. The Hall–Kier alpha value is -3.47. The number of hydrogen-bond acceptors (Lipinski definition) is 7. The van der Waals surface area contributed by atoms with Crippen LogP contribution in [0.2, 0.25) is 5.02 Å². The van der Waals surface area contributed by atoms with E-state index < -0.39 is 17.8 Å². The van der Waals surface area contributed by atoms with Crippen molar-refractivity contribution in [1.29, 1.82) is 0 Å². The molecule has 1 aliphatic rings. The van der Waals surface area contributed by atoms with Gasteiger partial charge in [0.15, 0.2) is 0 Å². The molecule has 1 aromatic carbocycles. The van der Waals surface area contributed by atoms with Gasteiger partial charge in [0.1, 0.15) is 17.5 Å². The van der Waals surface area contributed by atoms with Crippen LogP contribution < -0.4 is 10.2 Å². The fourth-order valence-corrected chi connectivity index (χ4v) is 3.44. The number of hydrogen-bond donors (Lipinski definition) is 1. The van der Waals surface area contributed by atoms with Crippen molar-refractivity contribution in [3.05, 3.63) is 53.3 Å². The van der Waals surface area contributed by atoms with Gasteiger partial charge in [-0.05, 0) is 25.1 Å². The Balaban J connectivity index is 1.65. The molecule has 2 aromatic heterocycles. The molecule has 3 heterocycles. The quantitative estimate of drug-likeness (QED) is 0.587. The highest BCUT2D eigenvalue weighted by atomic mass is 35.5. The van der Waals surface area contributed by atoms with E-state index >= 15 is 0 Å². The number of aromatic nitrogens is 4. The van der Waals surface area contributed by atoms with E-state index in [-0.39, 0.29) is 17.7 Å². The SMILES string of the molecule is CCNC(=O)OC1CN(c2nnc(-c3ccc(C(F)(F)F)cc3)c(-c3ccncc3Cl)n2)C1. The van der Waals surface area contributed by atoms with Crippen LogP contribution in [-0.4, -0.2) is 52.0 Å². The minimum Gasteiger partial charge on any atom is -0.442 e. The number of halogens is 4. The topological polar surface area (TPSA) is 93.1 Å². The lowest BCUT2D eigenvalue weighted by atomic mass is 10.0. The van der Waals surface area contributed by atoms with Crippen molar-refractivity contribution in [1.82, 2.24) is 25.5 Å². The maximum Gasteiger partial charge on any atom is 0.416 e. The second-order valence-corrected chi connectivity index (χ2v) is 7.61. The molecule has 0 unspecified atom stereocenters. The number of pyridine rings is 1. The van der Waals surface area contributed by atoms with Gasteiger partial charge < -0.3 is 15.0 Å². The molecular weight excluding hydrogens is 461 g/mol. The van der Waals surface area contributed by atoms with Crippen LogP contribution in [0.3, 0.4) is 0 Å². The molecule has 8 nitrogen and oxygen atoms in total. The van der Waals surface area contributed by atoms with Crippen LogP contribution in [-0.2, 0) is 10.9 Å². The van der Waals surface area contributed by atoms with E-state index in [1.807, 2.05) is 0 Å². The highest BCUT2D eigenvalue weighted by molar-refractivity contribution is 6.33. The summed E-state index contributed by atoms with van der Waals surface area (Å²) >= 11 is 6.32. The summed E-state index contributed by atoms with van der Waals surface area (Å²) in [5, 5.41) is 11.2. The van der Waals surface area contributed by atoms with Gasteiger partial charge in [0.25, 0.3) is 0 Å². The number of anilines is 1. The van der Waals surface area contributed by atoms with Crippen LogP contribution in [0, 0.1) is 0 Å². The molecule has 3 aromatic rings. The van der Waals surface area contributed by atoms with Gasteiger partial charge >= 0.3 is 12.3 Å². The first-order chi connectivity index (χ1) is 15.8. The smallest absolute Gasteiger partial charge is 0.416 e. The summed E-state index contributed by atoms with van der Waals surface area (Å²) in [5.41, 5.74) is 0.759. The molecule has 0 spiro atoms. The Bertz CT molecular complexity index is 1150. The Labute approximate surface area is 191 Å². The number of alkyl halides is 3. The Morgan fingerprint density at radius 1 is 1.18 bits per heavy atom. The van der Waals surface area contributed by atoms with Crippen molar-refractivity contribution >= 4 is 23.6 Å². The van der Waals surface area contributed by atoms with Crippen LogP contribution in [0.15, 0.2) is 42.7 Å². The molecule has 1 aliphatic heterocycles. The minimum absolute atomic E-state index is 0.274. The van der Waals surface area contributed by atoms with E-state index in [1.165, 1.54) is 24.5 Å². The number of nitrogens with zero attached hydrogens (tertiary/aromatic N) is 5. The van der Waals surface area contributed by atoms with Gasteiger partial charge in [-0.25, -0.2) is 9.78 Å². The summed E-state index contributed by atoms with van der Waals surface area (Å²) in [5.74, 6) is 0.282. The van der Waals surface area contributed by atoms with Crippen molar-refractivity contribution in [2.24, 2.45) is 0 Å². The van der Waals surface area contributed by atoms with E-state index in [1.54, 1.807) is 17.9 Å². The predicted octanol–water partition coefficient (Wildman–Crippen LogP) is 4.21. The van der Waals surface area contributed by atoms with Gasteiger partial charge in [-0.2, -0.15) is 13.2 Å². The van der Waals surface area contributed by atoms with Crippen LogP contribution >= 0.6 is 11.6 Å². The van der Waals surface area contributed by atoms with E-state index in [0.29, 0.717) is 41.5 Å². The molecule has 33 heavy (non-hydrogen) atoms. The summed E-state index contributed by atoms with van der Waals surface area (Å²) in [7, 11) is 0. The molecule has 172 valence electrons. The Morgan fingerprint density at radius 3 is 2.55 bits per heavy atom. The number of amides is 1. The van der Waals surface area contributed by atoms with E-state index in [4.69, 9.17) is 16.3 Å². The highest BCUT2D eigenvalue weighted by Crippen LogP contribution is 2.36. The Kier molecular flexibility index (Phi) is 6.32. The average molecular weight is 479 g/mol. The molecule has 0 bridgehead atoms. The third-order valence-electron chi connectivity index (χ3n) is 4.91. The van der Waals surface area contributed by atoms with Crippen molar-refractivity contribution in [2.45, 2.75) is 19.2 Å². The van der Waals surface area contributed by atoms with Crippen LogP contribution in [0.5, 0.6) is 0 Å². The fraction of sp³-hybridized carbons (Fsp3) is 0.286. The van der Waals surface area contributed by atoms with Gasteiger partial charge in [-0.15, -0.1) is 10.2 Å². The normalized spacial score (nSPS) is 14.0. The lowest BCUT2D eigenvalue weighted by Gasteiger charge is -2.38. The average Bonchev–Trinajstić information content (AvgIpc) is 2.76. The monoisotopic (exact) mass is 478 g/mol. The highest BCUT2D eigenvalue weighted by Gasteiger charge is 2.33. The largest absolute Gasteiger partial charge is 0.442 e. The minimum atomic E-state index is -4.45. The zero-order chi connectivity index (χ0) is 23.6. The standard InChI is InChI=1S/C21H18ClF3N6O2/c1-2-27-20(32)33-14-10-31(11-14)19-28-18(15-7-8-26-9-16(15)22)17(29-30-19)12-3-5-13(6-4-12)21(23,24)25/h3-9,14H,2,10-11H2,1H3,(H,27,32). The third kappa shape index (κ3) is 4.98. The summed E-state index contributed by atoms with van der Waals surface area (Å²) in [6.07, 6.45) is -2.30. The van der Waals surface area contributed by atoms with Crippen molar-refractivity contribution in [3.8, 4) is 22.5 Å². The maximum atomic E-state index is 13.0. The predicted molar refractivity (Wildman–Crippen MR) is 115 cm³/mol. The first-order valence-electron chi connectivity index (χ1n) is 9.98. The number of carbonyl (C=O) groups excluding carboxylic acids is 1. The molecule has 0 aliphatic carbocycles. The fourth-order valence-electron chi connectivity index (χ4n) is 3.23. The van der Waals surface area contributed by atoms with Crippen molar-refractivity contribution in [3.63, 3.8) is 0 Å². The first kappa shape index (κ1) is 22.7. The first-order valence-corrected chi connectivity index (χ1v) is 10.4. The van der Waals surface area contributed by atoms with Gasteiger partial charge in [0, 0.05) is 30.1 Å².